The van der Waals surface area contributed by atoms with E-state index in [1.165, 1.54) is 6.08 Å². The SMILES string of the molecule is C=CC(=C[N+](=O)[O-])c1ccccc1. The summed E-state index contributed by atoms with van der Waals surface area (Å²) in [4.78, 5) is 9.74. The molecule has 3 nitrogen and oxygen atoms in total. The maximum absolute atomic E-state index is 10.2. The van der Waals surface area contributed by atoms with E-state index in [2.05, 4.69) is 6.58 Å². The van der Waals surface area contributed by atoms with E-state index in [1.807, 2.05) is 18.2 Å². The van der Waals surface area contributed by atoms with Crippen molar-refractivity contribution < 1.29 is 4.92 Å². The molecule has 0 saturated heterocycles. The zero-order valence-corrected chi connectivity index (χ0v) is 7.01. The Kier molecular flexibility index (Phi) is 2.97. The fourth-order valence-electron chi connectivity index (χ4n) is 0.989. The van der Waals surface area contributed by atoms with E-state index in [0.29, 0.717) is 5.57 Å². The second-order valence-corrected chi connectivity index (χ2v) is 2.44. The van der Waals surface area contributed by atoms with Crippen molar-refractivity contribution in [3.63, 3.8) is 0 Å². The Hall–Kier alpha value is -1.90. The molecule has 0 bridgehead atoms. The summed E-state index contributed by atoms with van der Waals surface area (Å²) < 4.78 is 0. The van der Waals surface area contributed by atoms with Crippen molar-refractivity contribution in [3.8, 4) is 0 Å². The molecule has 0 atom stereocenters. The Morgan fingerprint density at radius 2 is 2.00 bits per heavy atom. The third-order valence-corrected chi connectivity index (χ3v) is 1.57. The Morgan fingerprint density at radius 3 is 2.46 bits per heavy atom. The summed E-state index contributed by atoms with van der Waals surface area (Å²) in [6.45, 7) is 3.52. The van der Waals surface area contributed by atoms with Gasteiger partial charge in [0.15, 0.2) is 0 Å². The number of hydrogen-bond donors (Lipinski definition) is 0. The van der Waals surface area contributed by atoms with Gasteiger partial charge in [-0.05, 0) is 5.56 Å². The highest BCUT2D eigenvalue weighted by atomic mass is 16.6. The molecule has 1 rings (SSSR count). The van der Waals surface area contributed by atoms with Gasteiger partial charge in [-0.1, -0.05) is 43.0 Å². The average Bonchev–Trinajstić information content (AvgIpc) is 2.15. The lowest BCUT2D eigenvalue weighted by atomic mass is 10.1. The first kappa shape index (κ1) is 9.19. The molecule has 66 valence electrons. The minimum absolute atomic E-state index is 0.482. The highest BCUT2D eigenvalue weighted by molar-refractivity contribution is 5.72. The molecule has 0 aliphatic heterocycles. The van der Waals surface area contributed by atoms with Gasteiger partial charge in [0.05, 0.1) is 10.5 Å². The van der Waals surface area contributed by atoms with Crippen molar-refractivity contribution in [1.29, 1.82) is 0 Å². The smallest absolute Gasteiger partial charge is 0.242 e. The molecule has 1 aromatic rings. The van der Waals surface area contributed by atoms with Gasteiger partial charge in [-0.3, -0.25) is 10.1 Å². The average molecular weight is 175 g/mol. The lowest BCUT2D eigenvalue weighted by Gasteiger charge is -1.96. The van der Waals surface area contributed by atoms with Crippen molar-refractivity contribution in [3.05, 3.63) is 64.9 Å². The van der Waals surface area contributed by atoms with E-state index >= 15 is 0 Å². The molecular formula is C10H9NO2. The van der Waals surface area contributed by atoms with E-state index in [9.17, 15) is 10.1 Å². The molecule has 0 fully saturated rings. The largest absolute Gasteiger partial charge is 0.259 e. The van der Waals surface area contributed by atoms with Crippen LogP contribution in [-0.4, -0.2) is 4.92 Å². The van der Waals surface area contributed by atoms with E-state index in [4.69, 9.17) is 0 Å². The molecule has 0 aliphatic rings. The lowest BCUT2D eigenvalue weighted by Crippen LogP contribution is -1.88. The molecule has 0 unspecified atom stereocenters. The lowest BCUT2D eigenvalue weighted by molar-refractivity contribution is -0.401. The van der Waals surface area contributed by atoms with Crippen LogP contribution in [0.1, 0.15) is 5.56 Å². The molecule has 0 N–H and O–H groups in total. The van der Waals surface area contributed by atoms with Crippen LogP contribution in [0.15, 0.2) is 49.2 Å². The first-order valence-electron chi connectivity index (χ1n) is 3.77. The fraction of sp³-hybridized carbons (Fsp3) is 0. The molecule has 0 radical (unpaired) electrons. The second-order valence-electron chi connectivity index (χ2n) is 2.44. The zero-order chi connectivity index (χ0) is 9.68. The number of hydrogen-bond acceptors (Lipinski definition) is 2. The highest BCUT2D eigenvalue weighted by Gasteiger charge is 2.00. The first-order chi connectivity index (χ1) is 6.24. The molecule has 0 aliphatic carbocycles. The Morgan fingerprint density at radius 1 is 1.38 bits per heavy atom. The van der Waals surface area contributed by atoms with Crippen LogP contribution in [0.2, 0.25) is 0 Å². The van der Waals surface area contributed by atoms with Gasteiger partial charge >= 0.3 is 0 Å². The van der Waals surface area contributed by atoms with Crippen molar-refractivity contribution in [2.45, 2.75) is 0 Å². The molecule has 0 amide bonds. The van der Waals surface area contributed by atoms with Crippen LogP contribution < -0.4 is 0 Å². The summed E-state index contributed by atoms with van der Waals surface area (Å²) in [7, 11) is 0. The minimum Gasteiger partial charge on any atom is -0.259 e. The van der Waals surface area contributed by atoms with Crippen LogP contribution in [0.5, 0.6) is 0 Å². The van der Waals surface area contributed by atoms with E-state index in [-0.39, 0.29) is 0 Å². The van der Waals surface area contributed by atoms with Crippen LogP contribution in [0.4, 0.5) is 0 Å². The van der Waals surface area contributed by atoms with Crippen LogP contribution in [0.3, 0.4) is 0 Å². The molecule has 0 aromatic heterocycles. The second kappa shape index (κ2) is 4.21. The van der Waals surface area contributed by atoms with Crippen molar-refractivity contribution in [2.24, 2.45) is 0 Å². The van der Waals surface area contributed by atoms with Crippen LogP contribution in [0.25, 0.3) is 5.57 Å². The molecular weight excluding hydrogens is 166 g/mol. The van der Waals surface area contributed by atoms with Crippen molar-refractivity contribution in [1.82, 2.24) is 0 Å². The van der Waals surface area contributed by atoms with Gasteiger partial charge in [0.1, 0.15) is 0 Å². The Balaban J connectivity index is 3.05. The number of benzene rings is 1. The summed E-state index contributed by atoms with van der Waals surface area (Å²) in [6.07, 6.45) is 2.42. The predicted molar refractivity (Wildman–Crippen MR) is 51.6 cm³/mol. The molecule has 13 heavy (non-hydrogen) atoms. The van der Waals surface area contributed by atoms with Gasteiger partial charge in [-0.15, -0.1) is 0 Å². The van der Waals surface area contributed by atoms with Crippen molar-refractivity contribution in [2.75, 3.05) is 0 Å². The third kappa shape index (κ3) is 2.56. The summed E-state index contributed by atoms with van der Waals surface area (Å²) >= 11 is 0. The van der Waals surface area contributed by atoms with Gasteiger partial charge in [-0.25, -0.2) is 0 Å². The summed E-state index contributed by atoms with van der Waals surface area (Å²) in [5.74, 6) is 0. The minimum atomic E-state index is -0.482. The highest BCUT2D eigenvalue weighted by Crippen LogP contribution is 2.14. The zero-order valence-electron chi connectivity index (χ0n) is 7.01. The third-order valence-electron chi connectivity index (χ3n) is 1.57. The summed E-state index contributed by atoms with van der Waals surface area (Å²) in [5.41, 5.74) is 1.32. The van der Waals surface area contributed by atoms with Gasteiger partial charge in [0.2, 0.25) is 6.20 Å². The maximum atomic E-state index is 10.2. The molecule has 1 aromatic carbocycles. The summed E-state index contributed by atoms with van der Waals surface area (Å²) in [5, 5.41) is 10.2. The van der Waals surface area contributed by atoms with Gasteiger partial charge in [-0.2, -0.15) is 0 Å². The molecule has 0 spiro atoms. The number of allylic oxidation sites excluding steroid dienone is 2. The van der Waals surface area contributed by atoms with E-state index in [1.54, 1.807) is 12.1 Å². The van der Waals surface area contributed by atoms with Gasteiger partial charge < -0.3 is 0 Å². The van der Waals surface area contributed by atoms with Gasteiger partial charge in [0, 0.05) is 0 Å². The van der Waals surface area contributed by atoms with Crippen LogP contribution in [-0.2, 0) is 0 Å². The topological polar surface area (TPSA) is 43.1 Å². The predicted octanol–water partition coefficient (Wildman–Crippen LogP) is 2.49. The van der Waals surface area contributed by atoms with E-state index < -0.39 is 4.92 Å². The standard InChI is InChI=1S/C10H9NO2/c1-2-9(8-11(12)13)10-6-4-3-5-7-10/h2-8H,1H2. The van der Waals surface area contributed by atoms with Gasteiger partial charge in [0.25, 0.3) is 0 Å². The Bertz CT molecular complexity index is 341. The Labute approximate surface area is 76.2 Å². The number of nitro groups is 1. The molecule has 3 heteroatoms. The normalized spacial score (nSPS) is 10.9. The fourth-order valence-corrected chi connectivity index (χ4v) is 0.989. The first-order valence-corrected chi connectivity index (χ1v) is 3.77. The summed E-state index contributed by atoms with van der Waals surface area (Å²) in [6, 6.07) is 9.11. The monoisotopic (exact) mass is 175 g/mol. The number of rotatable bonds is 3. The van der Waals surface area contributed by atoms with E-state index in [0.717, 1.165) is 11.8 Å². The molecule has 0 heterocycles. The van der Waals surface area contributed by atoms with Crippen LogP contribution in [0, 0.1) is 10.1 Å². The maximum Gasteiger partial charge on any atom is 0.242 e. The van der Waals surface area contributed by atoms with Crippen molar-refractivity contribution >= 4 is 5.57 Å². The molecule has 0 saturated carbocycles. The van der Waals surface area contributed by atoms with Crippen LogP contribution >= 0.6 is 0 Å². The quantitative estimate of drug-likeness (QED) is 0.402. The number of nitrogens with zero attached hydrogens (tertiary/aromatic N) is 1.